The highest BCUT2D eigenvalue weighted by molar-refractivity contribution is 5.92. The van der Waals surface area contributed by atoms with E-state index < -0.39 is 12.5 Å². The molecule has 3 atom stereocenters. The number of alkyl halides is 3. The standard InChI is InChI=1S/C24H30F3N5O4/c1-15(33)7-28-22(34)13-31-9-18-19(10-31)20(18)11-32(23(35)21-12-30(2)14-29-21)8-16-4-3-5-17(6-16)36-24(25,26)27/h3-6,12,14-15,18-20,33H,7-11,13H2,1-2H3,(H,28,34). The number of carbonyl (C=O) groups is 2. The fraction of sp³-hybridized carbons (Fsp3) is 0.542. The van der Waals surface area contributed by atoms with Crippen molar-refractivity contribution in [2.45, 2.75) is 25.9 Å². The van der Waals surface area contributed by atoms with Crippen LogP contribution in [0.5, 0.6) is 5.75 Å². The molecule has 2 amide bonds. The lowest BCUT2D eigenvalue weighted by molar-refractivity contribution is -0.274. The molecule has 2 aromatic rings. The summed E-state index contributed by atoms with van der Waals surface area (Å²) >= 11 is 0. The van der Waals surface area contributed by atoms with Gasteiger partial charge in [0, 0.05) is 46.0 Å². The van der Waals surface area contributed by atoms with E-state index in [9.17, 15) is 27.9 Å². The molecule has 36 heavy (non-hydrogen) atoms. The minimum absolute atomic E-state index is 0.117. The molecule has 1 aromatic heterocycles. The first-order chi connectivity index (χ1) is 17.0. The second-order valence-corrected chi connectivity index (χ2v) is 9.64. The molecule has 2 aliphatic rings. The van der Waals surface area contributed by atoms with Crippen molar-refractivity contribution < 1.29 is 32.6 Å². The number of nitrogens with one attached hydrogen (secondary N) is 1. The Balaban J connectivity index is 1.39. The summed E-state index contributed by atoms with van der Waals surface area (Å²) < 4.78 is 43.6. The van der Waals surface area contributed by atoms with Crippen LogP contribution in [-0.4, -0.2) is 81.5 Å². The van der Waals surface area contributed by atoms with Crippen molar-refractivity contribution >= 4 is 11.8 Å². The zero-order chi connectivity index (χ0) is 26.0. The Morgan fingerprint density at radius 3 is 2.64 bits per heavy atom. The van der Waals surface area contributed by atoms with Gasteiger partial charge in [-0.1, -0.05) is 12.1 Å². The van der Waals surface area contributed by atoms with Crippen LogP contribution in [0, 0.1) is 17.8 Å². The molecule has 0 spiro atoms. The molecule has 1 saturated carbocycles. The van der Waals surface area contributed by atoms with Crippen molar-refractivity contribution in [2.75, 3.05) is 32.7 Å². The van der Waals surface area contributed by atoms with Crippen molar-refractivity contribution in [3.05, 3.63) is 48.0 Å². The van der Waals surface area contributed by atoms with E-state index in [4.69, 9.17) is 0 Å². The first kappa shape index (κ1) is 26.0. The largest absolute Gasteiger partial charge is 0.573 e. The number of aryl methyl sites for hydroxylation is 1. The van der Waals surface area contributed by atoms with E-state index in [-0.39, 0.29) is 48.8 Å². The highest BCUT2D eigenvalue weighted by atomic mass is 19.4. The number of ether oxygens (including phenoxy) is 1. The minimum atomic E-state index is -4.80. The number of aliphatic hydroxyl groups is 1. The number of imidazole rings is 1. The zero-order valence-electron chi connectivity index (χ0n) is 20.1. The van der Waals surface area contributed by atoms with Gasteiger partial charge in [-0.05, 0) is 42.4 Å². The topological polar surface area (TPSA) is 99.9 Å². The molecule has 196 valence electrons. The molecule has 1 aliphatic heterocycles. The molecule has 1 aromatic carbocycles. The third-order valence-corrected chi connectivity index (χ3v) is 6.56. The minimum Gasteiger partial charge on any atom is -0.406 e. The number of carbonyl (C=O) groups excluding carboxylic acids is 2. The van der Waals surface area contributed by atoms with Crippen LogP contribution in [0.4, 0.5) is 13.2 Å². The van der Waals surface area contributed by atoms with Crippen molar-refractivity contribution in [1.29, 1.82) is 0 Å². The molecular weight excluding hydrogens is 479 g/mol. The van der Waals surface area contributed by atoms with Gasteiger partial charge in [0.15, 0.2) is 0 Å². The summed E-state index contributed by atoms with van der Waals surface area (Å²) in [6.45, 7) is 4.10. The quantitative estimate of drug-likeness (QED) is 0.505. The van der Waals surface area contributed by atoms with Gasteiger partial charge in [-0.2, -0.15) is 0 Å². The molecule has 3 unspecified atom stereocenters. The fourth-order valence-electron chi connectivity index (χ4n) is 4.88. The van der Waals surface area contributed by atoms with Gasteiger partial charge in [0.05, 0.1) is 19.0 Å². The molecule has 12 heteroatoms. The van der Waals surface area contributed by atoms with Crippen LogP contribution in [-0.2, 0) is 18.4 Å². The number of rotatable bonds is 10. The van der Waals surface area contributed by atoms with Crippen LogP contribution in [0.25, 0.3) is 0 Å². The Labute approximate surface area is 206 Å². The molecule has 0 bridgehead atoms. The van der Waals surface area contributed by atoms with Crippen molar-refractivity contribution in [1.82, 2.24) is 24.7 Å². The van der Waals surface area contributed by atoms with Crippen LogP contribution >= 0.6 is 0 Å². The molecule has 2 fully saturated rings. The third kappa shape index (κ3) is 6.76. The van der Waals surface area contributed by atoms with E-state index in [1.807, 2.05) is 0 Å². The predicted octanol–water partition coefficient (Wildman–Crippen LogP) is 1.64. The second kappa shape index (κ2) is 10.5. The summed E-state index contributed by atoms with van der Waals surface area (Å²) in [6.07, 6.45) is -2.27. The summed E-state index contributed by atoms with van der Waals surface area (Å²) in [5.74, 6) is 0.155. The summed E-state index contributed by atoms with van der Waals surface area (Å²) in [7, 11) is 1.75. The van der Waals surface area contributed by atoms with E-state index in [1.54, 1.807) is 35.7 Å². The number of benzene rings is 1. The summed E-state index contributed by atoms with van der Waals surface area (Å²) in [6, 6.07) is 5.63. The molecule has 2 N–H and O–H groups in total. The smallest absolute Gasteiger partial charge is 0.406 e. The van der Waals surface area contributed by atoms with Gasteiger partial charge < -0.3 is 24.6 Å². The summed E-state index contributed by atoms with van der Waals surface area (Å²) in [5, 5.41) is 12.0. The van der Waals surface area contributed by atoms with E-state index in [0.717, 1.165) is 13.1 Å². The lowest BCUT2D eigenvalue weighted by Gasteiger charge is -2.25. The summed E-state index contributed by atoms with van der Waals surface area (Å²) in [5.41, 5.74) is 0.783. The fourth-order valence-corrected chi connectivity index (χ4v) is 4.88. The molecule has 2 heterocycles. The van der Waals surface area contributed by atoms with E-state index in [1.165, 1.54) is 24.5 Å². The predicted molar refractivity (Wildman–Crippen MR) is 123 cm³/mol. The second-order valence-electron chi connectivity index (χ2n) is 9.64. The number of aromatic nitrogens is 2. The van der Waals surface area contributed by atoms with Crippen molar-refractivity contribution in [2.24, 2.45) is 24.8 Å². The van der Waals surface area contributed by atoms with Gasteiger partial charge in [0.1, 0.15) is 11.4 Å². The number of hydrogen-bond donors (Lipinski definition) is 2. The maximum absolute atomic E-state index is 13.3. The van der Waals surface area contributed by atoms with Crippen LogP contribution in [0.2, 0.25) is 0 Å². The molecule has 0 radical (unpaired) electrons. The Bertz CT molecular complexity index is 1080. The number of amides is 2. The number of fused-ring (bicyclic) bond motifs is 1. The van der Waals surface area contributed by atoms with Crippen LogP contribution < -0.4 is 10.1 Å². The van der Waals surface area contributed by atoms with Gasteiger partial charge >= 0.3 is 6.36 Å². The Morgan fingerprint density at radius 1 is 1.31 bits per heavy atom. The maximum atomic E-state index is 13.3. The normalized spacial score (nSPS) is 22.1. The molecule has 4 rings (SSSR count). The number of likely N-dealkylation sites (tertiary alicyclic amines) is 1. The average molecular weight is 510 g/mol. The Kier molecular flexibility index (Phi) is 7.55. The van der Waals surface area contributed by atoms with Crippen LogP contribution in [0.15, 0.2) is 36.8 Å². The van der Waals surface area contributed by atoms with E-state index >= 15 is 0 Å². The van der Waals surface area contributed by atoms with Gasteiger partial charge in [0.25, 0.3) is 5.91 Å². The van der Waals surface area contributed by atoms with Crippen LogP contribution in [0.1, 0.15) is 23.0 Å². The average Bonchev–Trinajstić information content (AvgIpc) is 3.11. The summed E-state index contributed by atoms with van der Waals surface area (Å²) in [4.78, 5) is 33.1. The van der Waals surface area contributed by atoms with E-state index in [0.29, 0.717) is 23.9 Å². The number of halogens is 3. The van der Waals surface area contributed by atoms with Gasteiger partial charge in [0.2, 0.25) is 5.91 Å². The third-order valence-electron chi connectivity index (χ3n) is 6.56. The van der Waals surface area contributed by atoms with Crippen molar-refractivity contribution in [3.63, 3.8) is 0 Å². The number of piperidine rings is 1. The lowest BCUT2D eigenvalue weighted by Crippen LogP contribution is -2.40. The van der Waals surface area contributed by atoms with Gasteiger partial charge in [-0.25, -0.2) is 4.98 Å². The Morgan fingerprint density at radius 2 is 2.03 bits per heavy atom. The molecular formula is C24H30F3N5O4. The highest BCUT2D eigenvalue weighted by Gasteiger charge is 2.56. The van der Waals surface area contributed by atoms with Gasteiger partial charge in [-0.3, -0.25) is 14.5 Å². The highest BCUT2D eigenvalue weighted by Crippen LogP contribution is 2.52. The number of nitrogens with zero attached hydrogens (tertiary/aromatic N) is 4. The monoisotopic (exact) mass is 509 g/mol. The lowest BCUT2D eigenvalue weighted by atomic mass is 10.1. The van der Waals surface area contributed by atoms with Crippen molar-refractivity contribution in [3.8, 4) is 5.75 Å². The number of hydrogen-bond acceptors (Lipinski definition) is 6. The van der Waals surface area contributed by atoms with Gasteiger partial charge in [-0.15, -0.1) is 13.2 Å². The first-order valence-corrected chi connectivity index (χ1v) is 11.8. The van der Waals surface area contributed by atoms with E-state index in [2.05, 4.69) is 19.9 Å². The zero-order valence-corrected chi connectivity index (χ0v) is 20.1. The molecule has 1 saturated heterocycles. The molecule has 9 nitrogen and oxygen atoms in total. The maximum Gasteiger partial charge on any atom is 0.573 e. The Hall–Kier alpha value is -3.12. The molecule has 1 aliphatic carbocycles. The first-order valence-electron chi connectivity index (χ1n) is 11.8. The SMILES string of the molecule is CC(O)CNC(=O)CN1CC2C(C1)C2CN(Cc1cccc(OC(F)(F)F)c1)C(=O)c1cn(C)cn1. The van der Waals surface area contributed by atoms with Crippen LogP contribution in [0.3, 0.4) is 0 Å². The number of aliphatic hydroxyl groups excluding tert-OH is 1.